The Bertz CT molecular complexity index is 1510. The van der Waals surface area contributed by atoms with Crippen LogP contribution < -0.4 is 14.5 Å². The Hall–Kier alpha value is -3.82. The number of benzene rings is 2. The highest BCUT2D eigenvalue weighted by Crippen LogP contribution is 2.33. The van der Waals surface area contributed by atoms with Gasteiger partial charge in [-0.3, -0.25) is 0 Å². The highest BCUT2D eigenvalue weighted by Gasteiger charge is 2.38. The summed E-state index contributed by atoms with van der Waals surface area (Å²) in [5, 5.41) is 0. The van der Waals surface area contributed by atoms with Crippen molar-refractivity contribution in [2.45, 2.75) is 45.7 Å². The zero-order valence-corrected chi connectivity index (χ0v) is 23.8. The molecule has 0 aliphatic carbocycles. The van der Waals surface area contributed by atoms with Crippen molar-refractivity contribution < 1.29 is 17.9 Å². The lowest BCUT2D eigenvalue weighted by Crippen LogP contribution is -2.47. The van der Waals surface area contributed by atoms with Gasteiger partial charge in [-0.15, -0.1) is 0 Å². The Labute approximate surface area is 232 Å². The largest absolute Gasteiger partial charge is 0.497 e. The molecule has 1 fully saturated rings. The first-order valence-electron chi connectivity index (χ1n) is 13.4. The van der Waals surface area contributed by atoms with Crippen LogP contribution in [0.4, 0.5) is 24.8 Å². The topological polar surface area (TPSA) is 59.3 Å². The number of imidazole rings is 1. The number of alkyl halides is 3. The molecule has 10 heteroatoms. The molecule has 1 saturated heterocycles. The van der Waals surface area contributed by atoms with E-state index in [0.29, 0.717) is 36.7 Å². The van der Waals surface area contributed by atoms with Crippen LogP contribution in [0.2, 0.25) is 0 Å². The van der Waals surface area contributed by atoms with Gasteiger partial charge in [0.2, 0.25) is 11.8 Å². The molecule has 7 nitrogen and oxygen atoms in total. The minimum Gasteiger partial charge on any atom is -0.497 e. The fraction of sp³-hybridized carbons (Fsp3) is 0.433. The van der Waals surface area contributed by atoms with Crippen LogP contribution in [-0.2, 0) is 25.1 Å². The summed E-state index contributed by atoms with van der Waals surface area (Å²) in [7, 11) is 3.03. The summed E-state index contributed by atoms with van der Waals surface area (Å²) in [5.41, 5.74) is 5.20. The van der Waals surface area contributed by atoms with Gasteiger partial charge in [-0.05, 0) is 53.3 Å². The summed E-state index contributed by atoms with van der Waals surface area (Å²) >= 11 is 0. The van der Waals surface area contributed by atoms with Crippen LogP contribution in [0.15, 0.2) is 42.5 Å². The predicted molar refractivity (Wildman–Crippen MR) is 151 cm³/mol. The number of aromatic nitrogens is 4. The Morgan fingerprint density at radius 1 is 0.875 bits per heavy atom. The molecule has 212 valence electrons. The van der Waals surface area contributed by atoms with Gasteiger partial charge >= 0.3 is 6.18 Å². The first-order valence-corrected chi connectivity index (χ1v) is 13.4. The van der Waals surface area contributed by atoms with E-state index in [9.17, 15) is 13.2 Å². The van der Waals surface area contributed by atoms with Gasteiger partial charge in [0.05, 0.1) is 12.8 Å². The molecule has 0 atom stereocenters. The number of anilines is 2. The molecule has 3 heterocycles. The number of aryl methyl sites for hydroxylation is 2. The first kappa shape index (κ1) is 27.7. The Kier molecular flexibility index (Phi) is 7.14. The van der Waals surface area contributed by atoms with Crippen LogP contribution in [0.3, 0.4) is 0 Å². The molecule has 0 unspecified atom stereocenters. The summed E-state index contributed by atoms with van der Waals surface area (Å²) in [6.45, 7) is 11.2. The second-order valence-electron chi connectivity index (χ2n) is 11.4. The number of halogens is 3. The number of rotatable bonds is 5. The average molecular weight is 553 g/mol. The van der Waals surface area contributed by atoms with Gasteiger partial charge in [0.1, 0.15) is 11.3 Å². The number of nitrogens with zero attached hydrogens (tertiary/aromatic N) is 6. The van der Waals surface area contributed by atoms with Crippen molar-refractivity contribution in [3.8, 4) is 5.75 Å². The molecular formula is C30H35F3N6O. The Morgan fingerprint density at radius 3 is 2.12 bits per heavy atom. The van der Waals surface area contributed by atoms with E-state index >= 15 is 0 Å². The van der Waals surface area contributed by atoms with E-state index in [4.69, 9.17) is 9.72 Å². The van der Waals surface area contributed by atoms with Gasteiger partial charge in [-0.1, -0.05) is 39.0 Å². The normalized spacial score (nSPS) is 14.7. The number of hydrogen-bond acceptors (Lipinski definition) is 6. The number of piperazine rings is 1. The van der Waals surface area contributed by atoms with Crippen LogP contribution in [0.25, 0.3) is 11.2 Å². The molecule has 0 spiro atoms. The molecule has 0 radical (unpaired) electrons. The van der Waals surface area contributed by atoms with Gasteiger partial charge in [0.25, 0.3) is 0 Å². The average Bonchev–Trinajstić information content (AvgIpc) is 3.26. The molecule has 0 N–H and O–H groups in total. The first-order chi connectivity index (χ1) is 18.8. The standard InChI is InChI=1S/C30H35F3N6O/c1-19-7-8-21(29(2,3)4)17-20(19)18-24-25-26(35-27(37(25)5)30(31,32)33)36-28(34-24)39-15-13-38(14-16-39)22-9-11-23(40-6)12-10-22/h7-12,17H,13-16,18H2,1-6H3. The molecule has 1 aliphatic rings. The highest BCUT2D eigenvalue weighted by atomic mass is 19.4. The van der Waals surface area contributed by atoms with E-state index in [2.05, 4.69) is 53.8 Å². The number of ether oxygens (including phenoxy) is 1. The van der Waals surface area contributed by atoms with Crippen LogP contribution in [0, 0.1) is 6.92 Å². The van der Waals surface area contributed by atoms with E-state index < -0.39 is 12.0 Å². The SMILES string of the molecule is COc1ccc(N2CCN(c3nc(Cc4cc(C(C)(C)C)ccc4C)c4c(n3)nc(C(F)(F)F)n4C)CC2)cc1. The molecule has 2 aromatic heterocycles. The third-order valence-corrected chi connectivity index (χ3v) is 7.62. The number of hydrogen-bond donors (Lipinski definition) is 0. The van der Waals surface area contributed by atoms with Crippen molar-refractivity contribution >= 4 is 22.8 Å². The summed E-state index contributed by atoms with van der Waals surface area (Å²) < 4.78 is 47.9. The van der Waals surface area contributed by atoms with Crippen molar-refractivity contribution in [1.82, 2.24) is 19.5 Å². The van der Waals surface area contributed by atoms with Gasteiger partial charge in [-0.2, -0.15) is 18.2 Å². The maximum absolute atomic E-state index is 13.8. The third kappa shape index (κ3) is 5.44. The van der Waals surface area contributed by atoms with Crippen molar-refractivity contribution in [2.24, 2.45) is 7.05 Å². The lowest BCUT2D eigenvalue weighted by molar-refractivity contribution is -0.146. The van der Waals surface area contributed by atoms with Gasteiger partial charge in [0, 0.05) is 45.3 Å². The molecular weight excluding hydrogens is 517 g/mol. The van der Waals surface area contributed by atoms with Crippen LogP contribution in [0.5, 0.6) is 5.75 Å². The third-order valence-electron chi connectivity index (χ3n) is 7.62. The molecule has 1 aliphatic heterocycles. The smallest absolute Gasteiger partial charge is 0.449 e. The maximum atomic E-state index is 13.8. The second-order valence-corrected chi connectivity index (χ2v) is 11.4. The number of fused-ring (bicyclic) bond motifs is 1. The molecule has 0 saturated carbocycles. The minimum atomic E-state index is -4.60. The predicted octanol–water partition coefficient (Wildman–Crippen LogP) is 5.91. The van der Waals surface area contributed by atoms with E-state index in [1.807, 2.05) is 36.1 Å². The maximum Gasteiger partial charge on any atom is 0.449 e. The van der Waals surface area contributed by atoms with Crippen molar-refractivity contribution in [1.29, 1.82) is 0 Å². The fourth-order valence-corrected chi connectivity index (χ4v) is 5.16. The lowest BCUT2D eigenvalue weighted by atomic mass is 9.84. The quantitative estimate of drug-likeness (QED) is 0.307. The van der Waals surface area contributed by atoms with Gasteiger partial charge < -0.3 is 19.1 Å². The van der Waals surface area contributed by atoms with Crippen molar-refractivity contribution in [3.05, 3.63) is 70.7 Å². The summed E-state index contributed by atoms with van der Waals surface area (Å²) in [4.78, 5) is 17.7. The molecule has 2 aromatic carbocycles. The molecule has 0 amide bonds. The zero-order valence-electron chi connectivity index (χ0n) is 23.8. The summed E-state index contributed by atoms with van der Waals surface area (Å²) in [6.07, 6.45) is -4.22. The van der Waals surface area contributed by atoms with Crippen LogP contribution in [0.1, 0.15) is 49.0 Å². The van der Waals surface area contributed by atoms with Crippen molar-refractivity contribution in [2.75, 3.05) is 43.1 Å². The summed E-state index contributed by atoms with van der Waals surface area (Å²) in [5.74, 6) is 0.238. The molecule has 5 rings (SSSR count). The molecule has 0 bridgehead atoms. The fourth-order valence-electron chi connectivity index (χ4n) is 5.16. The zero-order chi connectivity index (χ0) is 28.8. The van der Waals surface area contributed by atoms with Crippen LogP contribution >= 0.6 is 0 Å². The number of methoxy groups -OCH3 is 1. The summed E-state index contributed by atoms with van der Waals surface area (Å²) in [6, 6.07) is 14.2. The van der Waals surface area contributed by atoms with Crippen LogP contribution in [-0.4, -0.2) is 52.8 Å². The van der Waals surface area contributed by atoms with E-state index in [1.165, 1.54) is 7.05 Å². The molecule has 4 aromatic rings. The molecule has 40 heavy (non-hydrogen) atoms. The van der Waals surface area contributed by atoms with E-state index in [0.717, 1.165) is 45.8 Å². The minimum absolute atomic E-state index is 0.0614. The lowest BCUT2D eigenvalue weighted by Gasteiger charge is -2.36. The Morgan fingerprint density at radius 2 is 1.52 bits per heavy atom. The monoisotopic (exact) mass is 552 g/mol. The van der Waals surface area contributed by atoms with E-state index in [-0.39, 0.29) is 11.1 Å². The van der Waals surface area contributed by atoms with Gasteiger partial charge in [-0.25, -0.2) is 9.97 Å². The van der Waals surface area contributed by atoms with Gasteiger partial charge in [0.15, 0.2) is 5.65 Å². The highest BCUT2D eigenvalue weighted by molar-refractivity contribution is 5.77. The van der Waals surface area contributed by atoms with Crippen molar-refractivity contribution in [3.63, 3.8) is 0 Å². The second kappa shape index (κ2) is 10.3. The van der Waals surface area contributed by atoms with E-state index in [1.54, 1.807) is 7.11 Å². The Balaban J connectivity index is 1.51.